The molecule has 0 N–H and O–H groups in total. The van der Waals surface area contributed by atoms with Gasteiger partial charge in [0.05, 0.1) is 6.61 Å². The van der Waals surface area contributed by atoms with E-state index in [2.05, 4.69) is 6.58 Å². The first-order chi connectivity index (χ1) is 7.38. The molecule has 1 unspecified atom stereocenters. The molecule has 1 atom stereocenters. The van der Waals surface area contributed by atoms with Gasteiger partial charge in [-0.3, -0.25) is 0 Å². The summed E-state index contributed by atoms with van der Waals surface area (Å²) in [7, 11) is 0. The van der Waals surface area contributed by atoms with Crippen molar-refractivity contribution in [2.45, 2.75) is 26.9 Å². The zero-order valence-corrected chi connectivity index (χ0v) is 10.3. The Hall–Kier alpha value is -1.29. The fourth-order valence-corrected chi connectivity index (χ4v) is 0.913. The molecule has 0 fully saturated rings. The number of hydrogen-bond acceptors (Lipinski definition) is 4. The van der Waals surface area contributed by atoms with Crippen LogP contribution < -0.4 is 0 Å². The number of ether oxygens (including phenoxy) is 2. The van der Waals surface area contributed by atoms with E-state index in [1.807, 2.05) is 0 Å². The lowest BCUT2D eigenvalue weighted by Gasteiger charge is -2.13. The Balaban J connectivity index is 4.68. The maximum absolute atomic E-state index is 11.4. The molecule has 90 valence electrons. The van der Waals surface area contributed by atoms with Gasteiger partial charge >= 0.3 is 11.9 Å². The number of carbonyl (C=O) groups is 2. The van der Waals surface area contributed by atoms with Crippen molar-refractivity contribution >= 4 is 23.5 Å². The molecule has 4 nitrogen and oxygen atoms in total. The van der Waals surface area contributed by atoms with Gasteiger partial charge in [0, 0.05) is 10.6 Å². The zero-order chi connectivity index (χ0) is 12.7. The van der Waals surface area contributed by atoms with E-state index in [1.54, 1.807) is 13.8 Å². The number of hydrogen-bond donors (Lipinski definition) is 0. The fourth-order valence-electron chi connectivity index (χ4n) is 0.799. The molecule has 0 spiro atoms. The van der Waals surface area contributed by atoms with Crippen LogP contribution in [0.2, 0.25) is 0 Å². The van der Waals surface area contributed by atoms with Crippen molar-refractivity contribution in [3.63, 3.8) is 0 Å². The lowest BCUT2D eigenvalue weighted by atomic mass is 10.3. The maximum Gasteiger partial charge on any atom is 0.351 e. The second-order valence-electron chi connectivity index (χ2n) is 3.11. The van der Waals surface area contributed by atoms with E-state index in [0.717, 1.165) is 0 Å². The Morgan fingerprint density at radius 2 is 2.00 bits per heavy atom. The van der Waals surface area contributed by atoms with Gasteiger partial charge in [-0.1, -0.05) is 18.2 Å². The smallest absolute Gasteiger partial charge is 0.351 e. The monoisotopic (exact) mass is 246 g/mol. The lowest BCUT2D eigenvalue weighted by molar-refractivity contribution is -0.161. The van der Waals surface area contributed by atoms with E-state index < -0.39 is 18.0 Å². The Bertz CT molecular complexity index is 316. The number of halogens is 1. The van der Waals surface area contributed by atoms with Crippen LogP contribution in [0.3, 0.4) is 0 Å². The highest BCUT2D eigenvalue weighted by Gasteiger charge is 2.22. The van der Waals surface area contributed by atoms with Crippen molar-refractivity contribution in [2.24, 2.45) is 0 Å². The summed E-state index contributed by atoms with van der Waals surface area (Å²) in [5.41, 5.74) is 0.204. The maximum atomic E-state index is 11.4. The standard InChI is InChI=1S/C11H15ClO4/c1-5-15-11(14)9(6-8(4)12)16-10(13)7(2)3/h6,9H,2,5H2,1,3-4H3. The van der Waals surface area contributed by atoms with Gasteiger partial charge in [0.15, 0.2) is 0 Å². The molecule has 0 amide bonds. The summed E-state index contributed by atoms with van der Waals surface area (Å²) in [6.07, 6.45) is 0.182. The molecule has 0 saturated carbocycles. The summed E-state index contributed by atoms with van der Waals surface area (Å²) in [4.78, 5) is 22.6. The summed E-state index contributed by atoms with van der Waals surface area (Å²) in [5.74, 6) is -1.32. The van der Waals surface area contributed by atoms with Crippen LogP contribution in [-0.2, 0) is 19.1 Å². The van der Waals surface area contributed by atoms with Gasteiger partial charge in [0.1, 0.15) is 0 Å². The second kappa shape index (κ2) is 7.06. The number of allylic oxidation sites excluding steroid dienone is 1. The molecule has 0 radical (unpaired) electrons. The van der Waals surface area contributed by atoms with Crippen LogP contribution in [0, 0.1) is 0 Å². The van der Waals surface area contributed by atoms with E-state index in [-0.39, 0.29) is 12.2 Å². The first-order valence-electron chi connectivity index (χ1n) is 4.75. The van der Waals surface area contributed by atoms with Crippen LogP contribution >= 0.6 is 11.6 Å². The zero-order valence-electron chi connectivity index (χ0n) is 9.58. The molecular weight excluding hydrogens is 232 g/mol. The quantitative estimate of drug-likeness (QED) is 0.551. The van der Waals surface area contributed by atoms with E-state index in [1.165, 1.54) is 13.0 Å². The minimum absolute atomic E-state index is 0.204. The molecule has 16 heavy (non-hydrogen) atoms. The minimum Gasteiger partial charge on any atom is -0.463 e. The van der Waals surface area contributed by atoms with Gasteiger partial charge in [-0.2, -0.15) is 0 Å². The summed E-state index contributed by atoms with van der Waals surface area (Å²) in [6, 6.07) is 0. The lowest BCUT2D eigenvalue weighted by Crippen LogP contribution is -2.27. The van der Waals surface area contributed by atoms with Crippen molar-refractivity contribution in [1.29, 1.82) is 0 Å². The molecule has 0 bridgehead atoms. The van der Waals surface area contributed by atoms with E-state index in [4.69, 9.17) is 21.1 Å². The minimum atomic E-state index is -1.12. The van der Waals surface area contributed by atoms with Crippen LogP contribution in [0.25, 0.3) is 0 Å². The van der Waals surface area contributed by atoms with Gasteiger partial charge in [0.2, 0.25) is 6.10 Å². The summed E-state index contributed by atoms with van der Waals surface area (Å²) in [6.45, 7) is 8.33. The van der Waals surface area contributed by atoms with Crippen LogP contribution in [0.1, 0.15) is 20.8 Å². The van der Waals surface area contributed by atoms with Gasteiger partial charge in [-0.15, -0.1) is 0 Å². The molecular formula is C11H15ClO4. The Morgan fingerprint density at radius 1 is 1.44 bits per heavy atom. The molecule has 0 heterocycles. The fraction of sp³-hybridized carbons (Fsp3) is 0.455. The van der Waals surface area contributed by atoms with Crippen LogP contribution in [0.15, 0.2) is 23.3 Å². The Labute approximate surface area is 99.9 Å². The topological polar surface area (TPSA) is 52.6 Å². The molecule has 0 aliphatic rings. The average Bonchev–Trinajstić information content (AvgIpc) is 2.16. The first kappa shape index (κ1) is 14.7. The van der Waals surface area contributed by atoms with E-state index in [0.29, 0.717) is 5.03 Å². The number of rotatable bonds is 5. The van der Waals surface area contributed by atoms with Crippen LogP contribution in [0.5, 0.6) is 0 Å². The van der Waals surface area contributed by atoms with Gasteiger partial charge < -0.3 is 9.47 Å². The van der Waals surface area contributed by atoms with Crippen molar-refractivity contribution in [2.75, 3.05) is 6.61 Å². The second-order valence-corrected chi connectivity index (χ2v) is 3.71. The van der Waals surface area contributed by atoms with Gasteiger partial charge in [0.25, 0.3) is 0 Å². The molecule has 0 aliphatic heterocycles. The summed E-state index contributed by atoms with van der Waals surface area (Å²) >= 11 is 5.62. The normalized spacial score (nSPS) is 12.9. The predicted molar refractivity (Wildman–Crippen MR) is 60.9 cm³/mol. The molecule has 0 aromatic carbocycles. The molecule has 0 rings (SSSR count). The number of carbonyl (C=O) groups excluding carboxylic acids is 2. The third-order valence-corrected chi connectivity index (χ3v) is 1.61. The first-order valence-corrected chi connectivity index (χ1v) is 5.13. The van der Waals surface area contributed by atoms with Crippen molar-refractivity contribution in [3.05, 3.63) is 23.3 Å². The summed E-state index contributed by atoms with van der Waals surface area (Å²) in [5, 5.41) is 0.340. The molecule has 0 aromatic heterocycles. The SMILES string of the molecule is C=C(C)C(=O)OC(C=C(C)Cl)C(=O)OCC. The van der Waals surface area contributed by atoms with Crippen molar-refractivity contribution < 1.29 is 19.1 Å². The van der Waals surface area contributed by atoms with Crippen molar-refractivity contribution in [3.8, 4) is 0 Å². The molecule has 0 aromatic rings. The highest BCUT2D eigenvalue weighted by atomic mass is 35.5. The molecule has 5 heteroatoms. The predicted octanol–water partition coefficient (Wildman–Crippen LogP) is 2.18. The van der Waals surface area contributed by atoms with Crippen molar-refractivity contribution in [1.82, 2.24) is 0 Å². The highest BCUT2D eigenvalue weighted by molar-refractivity contribution is 6.29. The van der Waals surface area contributed by atoms with Crippen LogP contribution in [0.4, 0.5) is 0 Å². The molecule has 0 aliphatic carbocycles. The summed E-state index contributed by atoms with van der Waals surface area (Å²) < 4.78 is 9.60. The average molecular weight is 247 g/mol. The molecule has 0 saturated heterocycles. The van der Waals surface area contributed by atoms with E-state index in [9.17, 15) is 9.59 Å². The van der Waals surface area contributed by atoms with Gasteiger partial charge in [-0.25, -0.2) is 9.59 Å². The third kappa shape index (κ3) is 5.56. The third-order valence-electron chi connectivity index (χ3n) is 1.48. The highest BCUT2D eigenvalue weighted by Crippen LogP contribution is 2.08. The number of esters is 2. The van der Waals surface area contributed by atoms with Gasteiger partial charge in [-0.05, 0) is 26.8 Å². The Morgan fingerprint density at radius 3 is 2.38 bits per heavy atom. The van der Waals surface area contributed by atoms with E-state index >= 15 is 0 Å². The largest absolute Gasteiger partial charge is 0.463 e. The Kier molecular flexibility index (Phi) is 6.49. The van der Waals surface area contributed by atoms with Crippen LogP contribution in [-0.4, -0.2) is 24.6 Å².